The third-order valence-electron chi connectivity index (χ3n) is 9.16. The average molecular weight is 722 g/mol. The smallest absolute Gasteiger partial charge is 0.278 e. The summed E-state index contributed by atoms with van der Waals surface area (Å²) < 4.78 is 2.71. The van der Waals surface area contributed by atoms with E-state index >= 15 is 0 Å². The first-order valence-corrected chi connectivity index (χ1v) is 17.8. The minimum Gasteiger partial charge on any atom is -0.505 e. The van der Waals surface area contributed by atoms with Gasteiger partial charge in [-0.05, 0) is 120 Å². The first-order chi connectivity index (χ1) is 24.4. The van der Waals surface area contributed by atoms with Crippen LogP contribution in [0.25, 0.3) is 44.5 Å². The molecule has 0 saturated carbocycles. The Morgan fingerprint density at radius 2 is 0.961 bits per heavy atom. The molecule has 2 heterocycles. The first-order valence-electron chi connectivity index (χ1n) is 17.0. The van der Waals surface area contributed by atoms with Crippen molar-refractivity contribution in [1.82, 2.24) is 19.6 Å². The Balaban J connectivity index is 0.000000198. The number of benzene rings is 4. The van der Waals surface area contributed by atoms with Crippen LogP contribution < -0.4 is 11.1 Å². The van der Waals surface area contributed by atoms with E-state index in [0.717, 1.165) is 75.0 Å². The first kappa shape index (κ1) is 37.3. The van der Waals surface area contributed by atoms with E-state index < -0.39 is 0 Å². The summed E-state index contributed by atoms with van der Waals surface area (Å²) in [5.41, 5.74) is 11.1. The summed E-state index contributed by atoms with van der Waals surface area (Å²) in [6, 6.07) is 27.6. The Kier molecular flexibility index (Phi) is 11.6. The summed E-state index contributed by atoms with van der Waals surface area (Å²) in [6.07, 6.45) is 2.39. The van der Waals surface area contributed by atoms with Crippen molar-refractivity contribution in [2.45, 2.75) is 53.9 Å². The number of aromatic hydroxyl groups is 1. The topological polar surface area (TPSA) is 90.0 Å². The van der Waals surface area contributed by atoms with Gasteiger partial charge in [0.2, 0.25) is 0 Å². The van der Waals surface area contributed by atoms with Crippen LogP contribution >= 0.6 is 23.2 Å². The molecule has 0 spiro atoms. The zero-order valence-electron chi connectivity index (χ0n) is 30.0. The Bertz CT molecular complexity index is 2330. The van der Waals surface area contributed by atoms with Crippen LogP contribution in [0, 0.1) is 13.8 Å². The average Bonchev–Trinajstić information content (AvgIpc) is 3.13. The van der Waals surface area contributed by atoms with Crippen LogP contribution in [0.1, 0.15) is 48.8 Å². The van der Waals surface area contributed by atoms with Crippen LogP contribution in [-0.2, 0) is 33.4 Å². The van der Waals surface area contributed by atoms with Gasteiger partial charge < -0.3 is 5.11 Å². The van der Waals surface area contributed by atoms with Crippen molar-refractivity contribution in [3.05, 3.63) is 144 Å². The summed E-state index contributed by atoms with van der Waals surface area (Å²) >= 11 is 12.0. The predicted octanol–water partition coefficient (Wildman–Crippen LogP) is 9.55. The monoisotopic (exact) mass is 720 g/mol. The van der Waals surface area contributed by atoms with Crippen molar-refractivity contribution in [2.24, 2.45) is 14.1 Å². The third kappa shape index (κ3) is 7.85. The second-order valence-electron chi connectivity index (χ2n) is 12.4. The molecule has 0 amide bonds. The highest BCUT2D eigenvalue weighted by Crippen LogP contribution is 2.35. The predicted molar refractivity (Wildman–Crippen MR) is 210 cm³/mol. The lowest BCUT2D eigenvalue weighted by molar-refractivity contribution is 0.460. The summed E-state index contributed by atoms with van der Waals surface area (Å²) in [6.45, 7) is 9.87. The Hall–Kier alpha value is -4.98. The molecule has 262 valence electrons. The molecule has 0 bridgehead atoms. The van der Waals surface area contributed by atoms with Gasteiger partial charge in [0, 0.05) is 24.1 Å². The molecular formula is C42H42Cl2N4O3. The summed E-state index contributed by atoms with van der Waals surface area (Å²) in [5.74, 6) is -0.0638. The minimum absolute atomic E-state index is 0.0459. The lowest BCUT2D eigenvalue weighted by Crippen LogP contribution is -2.25. The maximum atomic E-state index is 12.9. The van der Waals surface area contributed by atoms with Gasteiger partial charge in [0.25, 0.3) is 11.1 Å². The standard InChI is InChI=1S/C22H23ClN2O.C20H19ClN2O2/c1-5-15-7-8-17(16-9-11-18(23)12-10-16)13-20(15)21-19(6-2)14(3)24-25(4)22(21)26;1-4-13-5-6-15(14-7-9-16(21)10-8-14)11-17(13)18-19(24)12(2)22-23(3)20(18)25/h7-13H,5-6H2,1-4H3;5-11,24H,4H2,1-3H3. The fourth-order valence-electron chi connectivity index (χ4n) is 6.40. The molecule has 51 heavy (non-hydrogen) atoms. The third-order valence-corrected chi connectivity index (χ3v) is 9.67. The minimum atomic E-state index is -0.314. The van der Waals surface area contributed by atoms with E-state index in [9.17, 15) is 14.7 Å². The molecule has 0 fully saturated rings. The molecule has 7 nitrogen and oxygen atoms in total. The molecule has 0 saturated heterocycles. The molecule has 6 aromatic rings. The SMILES string of the molecule is CCc1ccc(-c2ccc(Cl)cc2)cc1-c1c(CC)c(C)nn(C)c1=O.CCc1ccc(-c2ccc(Cl)cc2)cc1-c1c(O)c(C)nn(C)c1=O. The van der Waals surface area contributed by atoms with Gasteiger partial charge in [0.15, 0.2) is 5.75 Å². The van der Waals surface area contributed by atoms with Gasteiger partial charge in [-0.2, -0.15) is 10.2 Å². The maximum Gasteiger partial charge on any atom is 0.278 e. The molecule has 2 aromatic heterocycles. The Morgan fingerprint density at radius 3 is 1.39 bits per heavy atom. The van der Waals surface area contributed by atoms with E-state index in [1.54, 1.807) is 21.0 Å². The molecule has 0 aliphatic heterocycles. The molecular weight excluding hydrogens is 679 g/mol. The van der Waals surface area contributed by atoms with E-state index in [4.69, 9.17) is 23.2 Å². The van der Waals surface area contributed by atoms with Gasteiger partial charge in [-0.1, -0.05) is 92.5 Å². The van der Waals surface area contributed by atoms with Crippen molar-refractivity contribution in [3.8, 4) is 50.3 Å². The van der Waals surface area contributed by atoms with Crippen molar-refractivity contribution in [2.75, 3.05) is 0 Å². The number of hydrogen-bond acceptors (Lipinski definition) is 5. The largest absolute Gasteiger partial charge is 0.505 e. The highest BCUT2D eigenvalue weighted by atomic mass is 35.5. The lowest BCUT2D eigenvalue weighted by Gasteiger charge is -2.16. The molecule has 0 radical (unpaired) electrons. The normalized spacial score (nSPS) is 10.9. The highest BCUT2D eigenvalue weighted by Gasteiger charge is 2.19. The fraction of sp³-hybridized carbons (Fsp3) is 0.238. The molecule has 4 aromatic carbocycles. The van der Waals surface area contributed by atoms with Crippen molar-refractivity contribution >= 4 is 23.2 Å². The maximum absolute atomic E-state index is 12.9. The number of hydrogen-bond donors (Lipinski definition) is 1. The number of halogens is 2. The van der Waals surface area contributed by atoms with Crippen LogP contribution in [-0.4, -0.2) is 24.7 Å². The fourth-order valence-corrected chi connectivity index (χ4v) is 6.65. The van der Waals surface area contributed by atoms with Gasteiger partial charge in [0.1, 0.15) is 5.69 Å². The van der Waals surface area contributed by atoms with Crippen LogP contribution in [0.2, 0.25) is 10.0 Å². The molecule has 6 rings (SSSR count). The molecule has 0 atom stereocenters. The van der Waals surface area contributed by atoms with Gasteiger partial charge in [-0.3, -0.25) is 9.59 Å². The Labute approximate surface area is 308 Å². The summed E-state index contributed by atoms with van der Waals surface area (Å²) in [4.78, 5) is 25.6. The number of rotatable bonds is 7. The van der Waals surface area contributed by atoms with Crippen molar-refractivity contribution < 1.29 is 5.11 Å². The zero-order chi connectivity index (χ0) is 37.0. The van der Waals surface area contributed by atoms with Gasteiger partial charge in [-0.25, -0.2) is 9.36 Å². The Morgan fingerprint density at radius 1 is 0.569 bits per heavy atom. The molecule has 0 aliphatic carbocycles. The van der Waals surface area contributed by atoms with Crippen LogP contribution in [0.5, 0.6) is 5.75 Å². The van der Waals surface area contributed by atoms with Crippen LogP contribution in [0.3, 0.4) is 0 Å². The van der Waals surface area contributed by atoms with Crippen LogP contribution in [0.15, 0.2) is 94.5 Å². The van der Waals surface area contributed by atoms with Gasteiger partial charge >= 0.3 is 0 Å². The lowest BCUT2D eigenvalue weighted by atomic mass is 9.90. The highest BCUT2D eigenvalue weighted by molar-refractivity contribution is 6.30. The number of aromatic nitrogens is 4. The number of nitrogens with zero attached hydrogens (tertiary/aromatic N) is 4. The molecule has 9 heteroatoms. The second-order valence-corrected chi connectivity index (χ2v) is 13.3. The number of aryl methyl sites for hydroxylation is 6. The van der Waals surface area contributed by atoms with E-state index in [0.29, 0.717) is 21.3 Å². The van der Waals surface area contributed by atoms with Crippen molar-refractivity contribution in [3.63, 3.8) is 0 Å². The zero-order valence-corrected chi connectivity index (χ0v) is 31.5. The molecule has 0 aliphatic rings. The quantitative estimate of drug-likeness (QED) is 0.177. The van der Waals surface area contributed by atoms with E-state index in [-0.39, 0.29) is 16.9 Å². The second kappa shape index (κ2) is 15.9. The van der Waals surface area contributed by atoms with Crippen molar-refractivity contribution in [1.29, 1.82) is 0 Å². The van der Waals surface area contributed by atoms with Gasteiger partial charge in [0.05, 0.1) is 16.8 Å². The van der Waals surface area contributed by atoms with Gasteiger partial charge in [-0.15, -0.1) is 0 Å². The van der Waals surface area contributed by atoms with E-state index in [1.807, 2.05) is 80.6 Å². The molecule has 0 unspecified atom stereocenters. The van der Waals surface area contributed by atoms with Crippen LogP contribution in [0.4, 0.5) is 0 Å². The van der Waals surface area contributed by atoms with E-state index in [1.165, 1.54) is 14.9 Å². The summed E-state index contributed by atoms with van der Waals surface area (Å²) in [5, 5.41) is 20.3. The van der Waals surface area contributed by atoms with E-state index in [2.05, 4.69) is 42.2 Å². The molecule has 1 N–H and O–H groups in total. The summed E-state index contributed by atoms with van der Waals surface area (Å²) in [7, 11) is 3.31.